The van der Waals surface area contributed by atoms with E-state index < -0.39 is 21.3 Å². The van der Waals surface area contributed by atoms with Gasteiger partial charge in [-0.05, 0) is 24.2 Å². The SMILES string of the molecule is CC1(C)C2CCC1(CS(=O)(=O)O)C(=O)C2.[Na+].[OH-]. The third kappa shape index (κ3) is 2.48. The summed E-state index contributed by atoms with van der Waals surface area (Å²) in [5, 5.41) is 0. The molecule has 0 aliphatic heterocycles. The maximum absolute atomic E-state index is 11.9. The van der Waals surface area contributed by atoms with Gasteiger partial charge in [0.15, 0.2) is 0 Å². The van der Waals surface area contributed by atoms with E-state index in [0.29, 0.717) is 12.8 Å². The van der Waals surface area contributed by atoms with Gasteiger partial charge in [0.1, 0.15) is 5.78 Å². The molecule has 7 heteroatoms. The van der Waals surface area contributed by atoms with Gasteiger partial charge < -0.3 is 5.48 Å². The van der Waals surface area contributed by atoms with Crippen LogP contribution >= 0.6 is 0 Å². The van der Waals surface area contributed by atoms with Gasteiger partial charge in [0, 0.05) is 6.42 Å². The van der Waals surface area contributed by atoms with Crippen molar-refractivity contribution in [3.63, 3.8) is 0 Å². The van der Waals surface area contributed by atoms with E-state index in [-0.39, 0.29) is 52.1 Å². The summed E-state index contributed by atoms with van der Waals surface area (Å²) in [6.07, 6.45) is 1.97. The topological polar surface area (TPSA) is 101 Å². The van der Waals surface area contributed by atoms with Crippen molar-refractivity contribution in [3.05, 3.63) is 0 Å². The molecule has 2 N–H and O–H groups in total. The van der Waals surface area contributed by atoms with E-state index >= 15 is 0 Å². The third-order valence-corrected chi connectivity index (χ3v) is 5.43. The Morgan fingerprint density at radius 2 is 1.94 bits per heavy atom. The second-order valence-corrected chi connectivity index (χ2v) is 6.85. The Balaban J connectivity index is 0.00000128. The van der Waals surface area contributed by atoms with Crippen LogP contribution < -0.4 is 29.6 Å². The van der Waals surface area contributed by atoms with Crippen molar-refractivity contribution in [2.24, 2.45) is 16.7 Å². The van der Waals surface area contributed by atoms with Gasteiger partial charge in [0.2, 0.25) is 0 Å². The molecule has 2 rings (SSSR count). The third-order valence-electron chi connectivity index (χ3n) is 4.57. The van der Waals surface area contributed by atoms with Gasteiger partial charge in [-0.2, -0.15) is 8.42 Å². The van der Waals surface area contributed by atoms with Crippen LogP contribution in [-0.4, -0.2) is 30.0 Å². The zero-order valence-electron chi connectivity index (χ0n) is 10.4. The molecule has 0 saturated heterocycles. The van der Waals surface area contributed by atoms with Crippen LogP contribution in [0.1, 0.15) is 33.1 Å². The van der Waals surface area contributed by atoms with Gasteiger partial charge in [-0.1, -0.05) is 13.8 Å². The molecule has 2 atom stereocenters. The number of fused-ring (bicyclic) bond motifs is 2. The number of hydrogen-bond donors (Lipinski definition) is 1. The molecule has 94 valence electrons. The minimum atomic E-state index is -4.08. The van der Waals surface area contributed by atoms with Crippen molar-refractivity contribution < 1.29 is 52.8 Å². The Morgan fingerprint density at radius 3 is 2.24 bits per heavy atom. The van der Waals surface area contributed by atoms with Gasteiger partial charge in [-0.25, -0.2) is 0 Å². The van der Waals surface area contributed by atoms with E-state index in [1.165, 1.54) is 0 Å². The minimum absolute atomic E-state index is 0. The summed E-state index contributed by atoms with van der Waals surface area (Å²) in [6, 6.07) is 0. The molecule has 2 aliphatic carbocycles. The van der Waals surface area contributed by atoms with E-state index in [9.17, 15) is 13.2 Å². The van der Waals surface area contributed by atoms with Crippen molar-refractivity contribution in [1.82, 2.24) is 0 Å². The van der Waals surface area contributed by atoms with Crippen molar-refractivity contribution >= 4 is 15.9 Å². The molecule has 2 aliphatic rings. The molecule has 5 nitrogen and oxygen atoms in total. The summed E-state index contributed by atoms with van der Waals surface area (Å²) in [7, 11) is -4.08. The molecular weight excluding hydrogens is 255 g/mol. The number of rotatable bonds is 2. The monoisotopic (exact) mass is 272 g/mol. The fraction of sp³-hybridized carbons (Fsp3) is 0.900. The van der Waals surface area contributed by atoms with Gasteiger partial charge in [0.25, 0.3) is 10.1 Å². The van der Waals surface area contributed by atoms with Crippen LogP contribution in [0.4, 0.5) is 0 Å². The Hall–Kier alpha value is 0.540. The standard InChI is InChI=1S/C10H16O4S.Na.H2O/c1-9(2)7-3-4-10(9,8(11)5-7)6-15(12,13)14;;/h7H,3-6H2,1-2H3,(H,12,13,14);;1H2/q;+1;/p-1. The summed E-state index contributed by atoms with van der Waals surface area (Å²) in [4.78, 5) is 11.9. The predicted octanol–water partition coefficient (Wildman–Crippen LogP) is -1.90. The zero-order valence-corrected chi connectivity index (χ0v) is 13.2. The normalized spacial score (nSPS) is 34.1. The Labute approximate surface area is 124 Å². The Morgan fingerprint density at radius 1 is 1.41 bits per heavy atom. The largest absolute Gasteiger partial charge is 1.00 e. The van der Waals surface area contributed by atoms with Crippen molar-refractivity contribution in [3.8, 4) is 0 Å². The van der Waals surface area contributed by atoms with Gasteiger partial charge in [0.05, 0.1) is 11.2 Å². The molecule has 0 amide bonds. The molecule has 17 heavy (non-hydrogen) atoms. The molecule has 2 unspecified atom stereocenters. The van der Waals surface area contributed by atoms with Crippen molar-refractivity contribution in [1.29, 1.82) is 0 Å². The first-order valence-electron chi connectivity index (χ1n) is 5.17. The zero-order chi connectivity index (χ0) is 11.5. The van der Waals surface area contributed by atoms with Crippen LogP contribution in [0.15, 0.2) is 0 Å². The van der Waals surface area contributed by atoms with E-state index in [1.807, 2.05) is 13.8 Å². The molecule has 2 bridgehead atoms. The molecule has 0 radical (unpaired) electrons. The van der Waals surface area contributed by atoms with Crippen LogP contribution in [0.5, 0.6) is 0 Å². The van der Waals surface area contributed by atoms with Gasteiger partial charge in [-0.3, -0.25) is 9.35 Å². The molecule has 0 aromatic carbocycles. The van der Waals surface area contributed by atoms with Crippen molar-refractivity contribution in [2.45, 2.75) is 33.1 Å². The smallest absolute Gasteiger partial charge is 0.870 e. The Bertz CT molecular complexity index is 416. The average Bonchev–Trinajstić information content (AvgIpc) is 2.34. The second-order valence-electron chi connectivity index (χ2n) is 5.39. The van der Waals surface area contributed by atoms with Crippen LogP contribution in [0, 0.1) is 16.7 Å². The summed E-state index contributed by atoms with van der Waals surface area (Å²) >= 11 is 0. The number of carbonyl (C=O) groups excluding carboxylic acids is 1. The van der Waals surface area contributed by atoms with Crippen LogP contribution in [-0.2, 0) is 14.9 Å². The number of hydrogen-bond acceptors (Lipinski definition) is 4. The first-order valence-corrected chi connectivity index (χ1v) is 6.78. The molecule has 0 spiro atoms. The first kappa shape index (κ1) is 17.5. The first-order chi connectivity index (χ1) is 6.69. The fourth-order valence-electron chi connectivity index (χ4n) is 3.42. The van der Waals surface area contributed by atoms with Crippen LogP contribution in [0.2, 0.25) is 0 Å². The molecular formula is C10H17NaO5S. The summed E-state index contributed by atoms with van der Waals surface area (Å²) < 4.78 is 31.0. The molecule has 2 saturated carbocycles. The van der Waals surface area contributed by atoms with Crippen LogP contribution in [0.3, 0.4) is 0 Å². The predicted molar refractivity (Wildman–Crippen MR) is 56.9 cm³/mol. The maximum atomic E-state index is 11.9. The van der Waals surface area contributed by atoms with Gasteiger partial charge >= 0.3 is 29.6 Å². The molecule has 0 heterocycles. The summed E-state index contributed by atoms with van der Waals surface area (Å²) in [6.45, 7) is 3.89. The summed E-state index contributed by atoms with van der Waals surface area (Å²) in [5.74, 6) is -0.101. The second kappa shape index (κ2) is 4.90. The number of Topliss-reactive ketones (excluding diaryl/α,β-unsaturated/α-hetero) is 1. The minimum Gasteiger partial charge on any atom is -0.870 e. The van der Waals surface area contributed by atoms with E-state index in [0.717, 1.165) is 6.42 Å². The Kier molecular flexibility index (Phi) is 5.06. The number of carbonyl (C=O) groups is 1. The maximum Gasteiger partial charge on any atom is 1.00 e. The number of ketones is 1. The average molecular weight is 272 g/mol. The van der Waals surface area contributed by atoms with Gasteiger partial charge in [-0.15, -0.1) is 0 Å². The molecule has 0 aromatic rings. The summed E-state index contributed by atoms with van der Waals surface area (Å²) in [5.41, 5.74) is -1.12. The molecule has 0 aromatic heterocycles. The van der Waals surface area contributed by atoms with Crippen molar-refractivity contribution in [2.75, 3.05) is 5.75 Å². The molecule has 2 fully saturated rings. The van der Waals surface area contributed by atoms with Crippen LogP contribution in [0.25, 0.3) is 0 Å². The van der Waals surface area contributed by atoms with E-state index in [2.05, 4.69) is 0 Å². The van der Waals surface area contributed by atoms with E-state index in [1.54, 1.807) is 0 Å². The van der Waals surface area contributed by atoms with E-state index in [4.69, 9.17) is 4.55 Å². The fourth-order valence-corrected chi connectivity index (χ4v) is 4.72. The quantitative estimate of drug-likeness (QED) is 0.467.